The highest BCUT2D eigenvalue weighted by Gasteiger charge is 2.45. The van der Waals surface area contributed by atoms with Crippen molar-refractivity contribution in [3.8, 4) is 17.4 Å². The third kappa shape index (κ3) is 4.04. The van der Waals surface area contributed by atoms with Crippen molar-refractivity contribution >= 4 is 27.5 Å². The van der Waals surface area contributed by atoms with E-state index in [1.807, 2.05) is 0 Å². The van der Waals surface area contributed by atoms with Crippen LogP contribution < -0.4 is 20.5 Å². The van der Waals surface area contributed by atoms with Crippen LogP contribution in [-0.2, 0) is 0 Å². The molecule has 0 amide bonds. The summed E-state index contributed by atoms with van der Waals surface area (Å²) in [5, 5.41) is 14.5. The standard InChI is InChI=1S/C31H32F2N6O3/c32-23-6-3-18-13-21(40)14-24(25(18)26(23)33)39-12-7-22-27(29(39)41)35-30(42-17-31-8-1-10-38(31)11-2-9-31)36-28(22)37-15-19-4-5-20(16-37)34-19/h3,6-7,12-14,19-20,34,40H,1-2,4-5,8-11,15-17H2/t19-,20+/i17D2. The summed E-state index contributed by atoms with van der Waals surface area (Å²) in [6.07, 6.45) is 6.54. The van der Waals surface area contributed by atoms with Gasteiger partial charge in [-0.3, -0.25) is 14.3 Å². The number of pyridine rings is 1. The molecule has 11 heteroatoms. The fourth-order valence-electron chi connectivity index (χ4n) is 7.49. The Morgan fingerprint density at radius 1 is 1.10 bits per heavy atom. The maximum Gasteiger partial charge on any atom is 0.319 e. The van der Waals surface area contributed by atoms with Gasteiger partial charge in [0.2, 0.25) is 0 Å². The highest BCUT2D eigenvalue weighted by atomic mass is 19.2. The molecule has 0 spiro atoms. The third-order valence-corrected chi connectivity index (χ3v) is 9.44. The molecule has 6 heterocycles. The van der Waals surface area contributed by atoms with Crippen molar-refractivity contribution < 1.29 is 21.4 Å². The van der Waals surface area contributed by atoms with Gasteiger partial charge in [0.05, 0.1) is 19.4 Å². The van der Waals surface area contributed by atoms with Crippen LogP contribution >= 0.6 is 0 Å². The zero-order valence-electron chi connectivity index (χ0n) is 24.9. The number of hydrogen-bond donors (Lipinski definition) is 2. The fourth-order valence-corrected chi connectivity index (χ4v) is 7.49. The van der Waals surface area contributed by atoms with Gasteiger partial charge in [-0.1, -0.05) is 6.07 Å². The van der Waals surface area contributed by atoms with Crippen molar-refractivity contribution in [1.29, 1.82) is 0 Å². The molecule has 2 aromatic heterocycles. The van der Waals surface area contributed by atoms with Crippen LogP contribution in [0.25, 0.3) is 27.4 Å². The van der Waals surface area contributed by atoms with Gasteiger partial charge in [0.1, 0.15) is 23.6 Å². The van der Waals surface area contributed by atoms with Crippen LogP contribution in [0, 0.1) is 11.6 Å². The lowest BCUT2D eigenvalue weighted by molar-refractivity contribution is 0.108. The molecule has 4 aliphatic rings. The number of phenols is 1. The Bertz CT molecular complexity index is 1870. The number of halogens is 2. The Labute approximate surface area is 243 Å². The first-order valence-electron chi connectivity index (χ1n) is 15.6. The number of nitrogens with zero attached hydrogens (tertiary/aromatic N) is 5. The Kier molecular flexibility index (Phi) is 5.42. The van der Waals surface area contributed by atoms with Crippen LogP contribution in [0.4, 0.5) is 14.6 Å². The molecule has 0 radical (unpaired) electrons. The Morgan fingerprint density at radius 2 is 1.86 bits per heavy atom. The molecule has 8 rings (SSSR count). The number of fused-ring (bicyclic) bond motifs is 5. The molecule has 4 saturated heterocycles. The van der Waals surface area contributed by atoms with E-state index in [0.717, 1.165) is 49.4 Å². The highest BCUT2D eigenvalue weighted by molar-refractivity contribution is 5.94. The second-order valence-corrected chi connectivity index (χ2v) is 12.0. The number of aromatic nitrogens is 3. The Hall–Kier alpha value is -3.83. The van der Waals surface area contributed by atoms with Crippen LogP contribution in [0.1, 0.15) is 41.3 Å². The lowest BCUT2D eigenvalue weighted by atomic mass is 9.95. The molecule has 4 fully saturated rings. The molecule has 2 bridgehead atoms. The fraction of sp³-hybridized carbons (Fsp3) is 0.452. The molecular weight excluding hydrogens is 542 g/mol. The van der Waals surface area contributed by atoms with Crippen molar-refractivity contribution in [2.45, 2.75) is 56.1 Å². The van der Waals surface area contributed by atoms with Gasteiger partial charge in [0, 0.05) is 42.8 Å². The number of hydrogen-bond acceptors (Lipinski definition) is 8. The van der Waals surface area contributed by atoms with Crippen molar-refractivity contribution in [3.63, 3.8) is 0 Å². The summed E-state index contributed by atoms with van der Waals surface area (Å²) in [6, 6.07) is 6.74. The van der Waals surface area contributed by atoms with Gasteiger partial charge < -0.3 is 20.1 Å². The summed E-state index contributed by atoms with van der Waals surface area (Å²) >= 11 is 0. The van der Waals surface area contributed by atoms with E-state index in [0.29, 0.717) is 37.1 Å². The number of ether oxygens (including phenoxy) is 1. The summed E-state index contributed by atoms with van der Waals surface area (Å²) in [7, 11) is 0. The SMILES string of the molecule is [2H]C([2H])(Oc1nc(N2C[C@H]3CC[C@@H](C2)N3)c2ccn(-c3cc(O)cc4ccc(F)c(F)c34)c(=O)c2n1)C12CCCN1CCC2. The van der Waals surface area contributed by atoms with Crippen LogP contribution in [0.2, 0.25) is 0 Å². The molecule has 218 valence electrons. The maximum atomic E-state index is 15.1. The van der Waals surface area contributed by atoms with E-state index >= 15 is 4.39 Å². The lowest BCUT2D eigenvalue weighted by Gasteiger charge is -2.34. The summed E-state index contributed by atoms with van der Waals surface area (Å²) < 4.78 is 54.8. The van der Waals surface area contributed by atoms with Gasteiger partial charge in [-0.25, -0.2) is 8.78 Å². The van der Waals surface area contributed by atoms with Gasteiger partial charge in [0.15, 0.2) is 11.6 Å². The Morgan fingerprint density at radius 3 is 2.62 bits per heavy atom. The molecule has 4 aromatic rings. The number of anilines is 1. The molecule has 0 saturated carbocycles. The summed E-state index contributed by atoms with van der Waals surface area (Å²) in [4.78, 5) is 27.6. The second kappa shape index (κ2) is 9.60. The first-order valence-corrected chi connectivity index (χ1v) is 14.6. The van der Waals surface area contributed by atoms with E-state index in [1.165, 1.54) is 24.4 Å². The van der Waals surface area contributed by atoms with Crippen LogP contribution in [0.15, 0.2) is 41.3 Å². The smallest absolute Gasteiger partial charge is 0.319 e. The number of piperazine rings is 1. The predicted molar refractivity (Wildman–Crippen MR) is 155 cm³/mol. The first kappa shape index (κ1) is 23.7. The van der Waals surface area contributed by atoms with Crippen molar-refractivity contribution in [3.05, 3.63) is 58.5 Å². The van der Waals surface area contributed by atoms with E-state index in [4.69, 9.17) is 12.5 Å². The highest BCUT2D eigenvalue weighted by Crippen LogP contribution is 2.39. The number of aromatic hydroxyl groups is 1. The topological polar surface area (TPSA) is 95.8 Å². The minimum Gasteiger partial charge on any atom is -0.508 e. The first-order chi connectivity index (χ1) is 21.1. The van der Waals surface area contributed by atoms with E-state index in [2.05, 4.69) is 20.1 Å². The van der Waals surface area contributed by atoms with Crippen LogP contribution in [0.3, 0.4) is 0 Å². The van der Waals surface area contributed by atoms with E-state index < -0.39 is 29.3 Å². The van der Waals surface area contributed by atoms with E-state index in [1.54, 1.807) is 6.07 Å². The molecule has 2 N–H and O–H groups in total. The minimum absolute atomic E-state index is 0.0466. The maximum absolute atomic E-state index is 15.1. The minimum atomic E-state index is -2.12. The monoisotopic (exact) mass is 576 g/mol. The largest absolute Gasteiger partial charge is 0.508 e. The van der Waals surface area contributed by atoms with Gasteiger partial charge in [-0.05, 0) is 75.2 Å². The normalized spacial score (nSPS) is 24.3. The molecule has 2 atom stereocenters. The van der Waals surface area contributed by atoms with Gasteiger partial charge in [-0.15, -0.1) is 0 Å². The number of rotatable bonds is 5. The average Bonchev–Trinajstić information content (AvgIpc) is 3.69. The van der Waals surface area contributed by atoms with Crippen LogP contribution in [-0.4, -0.2) is 74.9 Å². The zero-order chi connectivity index (χ0) is 30.4. The number of phenolic OH excluding ortho intramolecular Hbond substituents is 1. The summed E-state index contributed by atoms with van der Waals surface area (Å²) in [6.45, 7) is 0.782. The molecule has 9 nitrogen and oxygen atoms in total. The molecule has 4 aliphatic heterocycles. The van der Waals surface area contributed by atoms with Gasteiger partial charge >= 0.3 is 6.01 Å². The molecular formula is C31H32F2N6O3. The predicted octanol–water partition coefficient (Wildman–Crippen LogP) is 3.87. The average molecular weight is 577 g/mol. The zero-order valence-corrected chi connectivity index (χ0v) is 22.9. The van der Waals surface area contributed by atoms with Crippen LogP contribution in [0.5, 0.6) is 11.8 Å². The molecule has 0 aliphatic carbocycles. The van der Waals surface area contributed by atoms with E-state index in [9.17, 15) is 14.3 Å². The van der Waals surface area contributed by atoms with Crippen molar-refractivity contribution in [2.75, 3.05) is 37.6 Å². The molecule has 0 unspecified atom stereocenters. The van der Waals surface area contributed by atoms with Gasteiger partial charge in [-0.2, -0.15) is 9.97 Å². The quantitative estimate of drug-likeness (QED) is 0.370. The molecule has 42 heavy (non-hydrogen) atoms. The number of nitrogens with one attached hydrogen (secondary N) is 1. The second-order valence-electron chi connectivity index (χ2n) is 12.0. The molecule has 2 aromatic carbocycles. The van der Waals surface area contributed by atoms with Gasteiger partial charge in [0.25, 0.3) is 5.56 Å². The third-order valence-electron chi connectivity index (χ3n) is 9.44. The van der Waals surface area contributed by atoms with E-state index in [-0.39, 0.29) is 45.8 Å². The number of benzene rings is 2. The Balaban J connectivity index is 1.31. The summed E-state index contributed by atoms with van der Waals surface area (Å²) in [5.74, 6) is -1.98. The lowest BCUT2D eigenvalue weighted by Crippen LogP contribution is -2.51. The van der Waals surface area contributed by atoms with Crippen molar-refractivity contribution in [1.82, 2.24) is 24.8 Å². The summed E-state index contributed by atoms with van der Waals surface area (Å²) in [5.41, 5.74) is -1.55. The van der Waals surface area contributed by atoms with Crippen molar-refractivity contribution in [2.24, 2.45) is 0 Å².